The van der Waals surface area contributed by atoms with E-state index in [0.29, 0.717) is 17.9 Å². The van der Waals surface area contributed by atoms with Crippen LogP contribution < -0.4 is 4.74 Å². The predicted octanol–water partition coefficient (Wildman–Crippen LogP) is 1.32. The van der Waals surface area contributed by atoms with E-state index in [-0.39, 0.29) is 18.9 Å². The summed E-state index contributed by atoms with van der Waals surface area (Å²) in [5.74, 6) is -0.269. The first-order valence-corrected chi connectivity index (χ1v) is 5.17. The number of hydrogen-bond donors (Lipinski definition) is 2. The lowest BCUT2D eigenvalue weighted by molar-refractivity contribution is -0.136. The Kier molecular flexibility index (Phi) is 4.79. The second-order valence-corrected chi connectivity index (χ2v) is 3.78. The molecule has 0 fully saturated rings. The van der Waals surface area contributed by atoms with Gasteiger partial charge in [0.2, 0.25) is 0 Å². The molecule has 4 nitrogen and oxygen atoms in total. The Morgan fingerprint density at radius 3 is 2.75 bits per heavy atom. The van der Waals surface area contributed by atoms with Gasteiger partial charge in [-0.15, -0.1) is 0 Å². The lowest BCUT2D eigenvalue weighted by Crippen LogP contribution is -2.13. The van der Waals surface area contributed by atoms with E-state index in [0.717, 1.165) is 0 Å². The molecule has 0 heterocycles. The van der Waals surface area contributed by atoms with Gasteiger partial charge in [-0.05, 0) is 6.07 Å². The molecule has 0 aliphatic rings. The number of carboxylic acids is 1. The molecule has 2 N–H and O–H groups in total. The van der Waals surface area contributed by atoms with Gasteiger partial charge in [0.15, 0.2) is 0 Å². The number of aliphatic carboxylic acids is 1. The van der Waals surface area contributed by atoms with Crippen molar-refractivity contribution in [3.8, 4) is 5.75 Å². The van der Waals surface area contributed by atoms with Crippen LogP contribution in [0.5, 0.6) is 5.75 Å². The highest BCUT2D eigenvalue weighted by Crippen LogP contribution is 2.19. The Balaban J connectivity index is 2.67. The first-order chi connectivity index (χ1) is 7.63. The van der Waals surface area contributed by atoms with Gasteiger partial charge in [-0.25, -0.2) is 0 Å². The molecule has 0 radical (unpaired) electrons. The standard InChI is InChI=1S/C12H16O4/c1-9(7-13)8-16-11-5-3-2-4-10(11)6-12(14)15/h2-5,9,13H,6-8H2,1H3,(H,14,15). The van der Waals surface area contributed by atoms with Crippen molar-refractivity contribution in [3.05, 3.63) is 29.8 Å². The van der Waals surface area contributed by atoms with E-state index in [1.54, 1.807) is 24.3 Å². The van der Waals surface area contributed by atoms with Crippen LogP contribution in [-0.4, -0.2) is 29.4 Å². The normalized spacial score (nSPS) is 12.1. The van der Waals surface area contributed by atoms with E-state index in [9.17, 15) is 4.79 Å². The maximum Gasteiger partial charge on any atom is 0.307 e. The Hall–Kier alpha value is -1.55. The molecule has 0 aliphatic carbocycles. The quantitative estimate of drug-likeness (QED) is 0.764. The lowest BCUT2D eigenvalue weighted by Gasteiger charge is -2.13. The summed E-state index contributed by atoms with van der Waals surface area (Å²) in [4.78, 5) is 10.6. The van der Waals surface area contributed by atoms with E-state index in [1.165, 1.54) is 0 Å². The smallest absolute Gasteiger partial charge is 0.307 e. The van der Waals surface area contributed by atoms with Gasteiger partial charge in [0.25, 0.3) is 0 Å². The largest absolute Gasteiger partial charge is 0.493 e. The molecule has 4 heteroatoms. The molecule has 0 saturated heterocycles. The molecule has 0 bridgehead atoms. The fourth-order valence-corrected chi connectivity index (χ4v) is 1.24. The molecule has 0 spiro atoms. The summed E-state index contributed by atoms with van der Waals surface area (Å²) >= 11 is 0. The van der Waals surface area contributed by atoms with Crippen LogP contribution in [0.1, 0.15) is 12.5 Å². The molecule has 1 unspecified atom stereocenters. The minimum Gasteiger partial charge on any atom is -0.493 e. The third-order valence-electron chi connectivity index (χ3n) is 2.15. The molecule has 16 heavy (non-hydrogen) atoms. The monoisotopic (exact) mass is 224 g/mol. The molecular formula is C12H16O4. The highest BCUT2D eigenvalue weighted by atomic mass is 16.5. The van der Waals surface area contributed by atoms with Gasteiger partial charge < -0.3 is 14.9 Å². The first kappa shape index (κ1) is 12.5. The topological polar surface area (TPSA) is 66.8 Å². The number of carboxylic acid groups (broad SMARTS) is 1. The Morgan fingerprint density at radius 2 is 2.12 bits per heavy atom. The third kappa shape index (κ3) is 3.90. The van der Waals surface area contributed by atoms with Gasteiger partial charge in [0.1, 0.15) is 5.75 Å². The van der Waals surface area contributed by atoms with Crippen molar-refractivity contribution >= 4 is 5.97 Å². The molecule has 0 amide bonds. The van der Waals surface area contributed by atoms with Crippen LogP contribution in [0.3, 0.4) is 0 Å². The average molecular weight is 224 g/mol. The number of carbonyl (C=O) groups is 1. The van der Waals surface area contributed by atoms with Crippen molar-refractivity contribution in [1.29, 1.82) is 0 Å². The third-order valence-corrected chi connectivity index (χ3v) is 2.15. The van der Waals surface area contributed by atoms with Gasteiger partial charge in [-0.3, -0.25) is 4.79 Å². The molecule has 1 aromatic rings. The van der Waals surface area contributed by atoms with Crippen molar-refractivity contribution in [2.24, 2.45) is 5.92 Å². The number of benzene rings is 1. The van der Waals surface area contributed by atoms with Crippen LogP contribution in [0.15, 0.2) is 24.3 Å². The zero-order chi connectivity index (χ0) is 12.0. The van der Waals surface area contributed by atoms with Crippen LogP contribution in [0.2, 0.25) is 0 Å². The van der Waals surface area contributed by atoms with Crippen LogP contribution in [0, 0.1) is 5.92 Å². The number of aliphatic hydroxyl groups excluding tert-OH is 1. The maximum absolute atomic E-state index is 10.6. The van der Waals surface area contributed by atoms with Crippen LogP contribution in [0.25, 0.3) is 0 Å². The van der Waals surface area contributed by atoms with Gasteiger partial charge in [0.05, 0.1) is 13.0 Å². The maximum atomic E-state index is 10.6. The van der Waals surface area contributed by atoms with Gasteiger partial charge in [-0.1, -0.05) is 25.1 Å². The number of aliphatic hydroxyl groups is 1. The highest BCUT2D eigenvalue weighted by Gasteiger charge is 2.08. The fraction of sp³-hybridized carbons (Fsp3) is 0.417. The second-order valence-electron chi connectivity index (χ2n) is 3.78. The van der Waals surface area contributed by atoms with Crippen LogP contribution in [-0.2, 0) is 11.2 Å². The second kappa shape index (κ2) is 6.12. The predicted molar refractivity (Wildman–Crippen MR) is 59.5 cm³/mol. The Bertz CT molecular complexity index is 349. The number of hydrogen-bond acceptors (Lipinski definition) is 3. The summed E-state index contributed by atoms with van der Waals surface area (Å²) in [5, 5.41) is 17.6. The zero-order valence-corrected chi connectivity index (χ0v) is 9.22. The Labute approximate surface area is 94.5 Å². The van der Waals surface area contributed by atoms with Crippen LogP contribution in [0.4, 0.5) is 0 Å². The van der Waals surface area contributed by atoms with E-state index in [2.05, 4.69) is 0 Å². The summed E-state index contributed by atoms with van der Waals surface area (Å²) < 4.78 is 5.47. The van der Waals surface area contributed by atoms with Crippen molar-refractivity contribution < 1.29 is 19.7 Å². The molecule has 0 saturated carbocycles. The Morgan fingerprint density at radius 1 is 1.44 bits per heavy atom. The molecular weight excluding hydrogens is 208 g/mol. The van der Waals surface area contributed by atoms with Crippen molar-refractivity contribution in [2.45, 2.75) is 13.3 Å². The average Bonchev–Trinajstić information content (AvgIpc) is 2.26. The first-order valence-electron chi connectivity index (χ1n) is 5.17. The number of rotatable bonds is 6. The molecule has 0 aromatic heterocycles. The van der Waals surface area contributed by atoms with E-state index < -0.39 is 5.97 Å². The van der Waals surface area contributed by atoms with Gasteiger partial charge in [0, 0.05) is 18.1 Å². The number of para-hydroxylation sites is 1. The minimum atomic E-state index is -0.883. The fourth-order valence-electron chi connectivity index (χ4n) is 1.24. The van der Waals surface area contributed by atoms with Crippen molar-refractivity contribution in [3.63, 3.8) is 0 Å². The summed E-state index contributed by atoms with van der Waals surface area (Å²) in [6.45, 7) is 2.30. The van der Waals surface area contributed by atoms with Crippen molar-refractivity contribution in [1.82, 2.24) is 0 Å². The summed E-state index contributed by atoms with van der Waals surface area (Å²) in [6.07, 6.45) is -0.0519. The highest BCUT2D eigenvalue weighted by molar-refractivity contribution is 5.71. The molecule has 1 aromatic carbocycles. The molecule has 1 atom stereocenters. The zero-order valence-electron chi connectivity index (χ0n) is 9.22. The molecule has 0 aliphatic heterocycles. The van der Waals surface area contributed by atoms with E-state index >= 15 is 0 Å². The summed E-state index contributed by atoms with van der Waals surface area (Å²) in [5.41, 5.74) is 0.653. The minimum absolute atomic E-state index is 0.0397. The molecule has 1 rings (SSSR count). The van der Waals surface area contributed by atoms with E-state index in [4.69, 9.17) is 14.9 Å². The van der Waals surface area contributed by atoms with E-state index in [1.807, 2.05) is 6.92 Å². The molecule has 88 valence electrons. The van der Waals surface area contributed by atoms with Crippen molar-refractivity contribution in [2.75, 3.05) is 13.2 Å². The van der Waals surface area contributed by atoms with Crippen LogP contribution >= 0.6 is 0 Å². The van der Waals surface area contributed by atoms with Gasteiger partial charge >= 0.3 is 5.97 Å². The summed E-state index contributed by atoms with van der Waals surface area (Å²) in [6, 6.07) is 7.04. The number of ether oxygens (including phenoxy) is 1. The summed E-state index contributed by atoms with van der Waals surface area (Å²) in [7, 11) is 0. The SMILES string of the molecule is CC(CO)COc1ccccc1CC(=O)O. The lowest BCUT2D eigenvalue weighted by atomic mass is 10.1. The van der Waals surface area contributed by atoms with Gasteiger partial charge in [-0.2, -0.15) is 0 Å².